The average molecular weight is 488 g/mol. The number of anilines is 1. The maximum atomic E-state index is 12.5. The Morgan fingerprint density at radius 3 is 2.03 bits per heavy atom. The summed E-state index contributed by atoms with van der Waals surface area (Å²) in [5, 5.41) is 19.2. The third-order valence-electron chi connectivity index (χ3n) is 5.06. The lowest BCUT2D eigenvalue weighted by Crippen LogP contribution is -2.54. The van der Waals surface area contributed by atoms with E-state index in [0.29, 0.717) is 11.3 Å². The molecule has 1 aromatic carbocycles. The van der Waals surface area contributed by atoms with E-state index in [1.165, 1.54) is 32.9 Å². The summed E-state index contributed by atoms with van der Waals surface area (Å²) in [6.07, 6.45) is -0.648. The van der Waals surface area contributed by atoms with Crippen LogP contribution in [0.4, 0.5) is 5.69 Å². The molecular weight excluding hydrogens is 460 g/mol. The molecule has 0 fully saturated rings. The zero-order chi connectivity index (χ0) is 26.3. The van der Waals surface area contributed by atoms with E-state index in [4.69, 9.17) is 9.52 Å². The molecule has 1 aromatic heterocycles. The molecule has 0 radical (unpaired) electrons. The molecule has 12 heteroatoms. The van der Waals surface area contributed by atoms with E-state index in [-0.39, 0.29) is 12.8 Å². The first-order valence-electron chi connectivity index (χ1n) is 10.8. The summed E-state index contributed by atoms with van der Waals surface area (Å²) in [7, 11) is 0. The van der Waals surface area contributed by atoms with E-state index in [9.17, 15) is 28.8 Å². The quantitative estimate of drug-likeness (QED) is 0.298. The van der Waals surface area contributed by atoms with Crippen molar-refractivity contribution in [3.8, 4) is 0 Å². The van der Waals surface area contributed by atoms with Crippen molar-refractivity contribution in [2.75, 3.05) is 5.32 Å². The number of aliphatic carboxylic acids is 1. The smallest absolute Gasteiger partial charge is 0.336 e. The van der Waals surface area contributed by atoms with Crippen molar-refractivity contribution in [3.63, 3.8) is 0 Å². The zero-order valence-corrected chi connectivity index (χ0v) is 19.8. The molecule has 35 heavy (non-hydrogen) atoms. The number of amides is 4. The number of carbonyl (C=O) groups excluding carboxylic acids is 4. The second-order valence-corrected chi connectivity index (χ2v) is 8.09. The second-order valence-electron chi connectivity index (χ2n) is 8.09. The van der Waals surface area contributed by atoms with Crippen LogP contribution in [0.2, 0.25) is 0 Å². The van der Waals surface area contributed by atoms with Gasteiger partial charge in [0.1, 0.15) is 23.7 Å². The van der Waals surface area contributed by atoms with Gasteiger partial charge in [-0.15, -0.1) is 0 Å². The highest BCUT2D eigenvalue weighted by molar-refractivity contribution is 5.99. The lowest BCUT2D eigenvalue weighted by atomic mass is 10.1. The van der Waals surface area contributed by atoms with Gasteiger partial charge in [-0.2, -0.15) is 0 Å². The number of hydrogen-bond donors (Lipinski definition) is 5. The fraction of sp³-hybridized carbons (Fsp3) is 0.391. The van der Waals surface area contributed by atoms with Crippen molar-refractivity contribution in [1.82, 2.24) is 16.0 Å². The van der Waals surface area contributed by atoms with Crippen molar-refractivity contribution >= 4 is 46.3 Å². The third kappa shape index (κ3) is 7.95. The highest BCUT2D eigenvalue weighted by Crippen LogP contribution is 2.20. The molecule has 0 aliphatic rings. The number of hydrogen-bond acceptors (Lipinski definition) is 7. The van der Waals surface area contributed by atoms with Crippen LogP contribution in [0.1, 0.15) is 39.2 Å². The Bertz CT molecular complexity index is 1210. The molecule has 0 bridgehead atoms. The molecule has 1 heterocycles. The molecule has 4 amide bonds. The van der Waals surface area contributed by atoms with Crippen LogP contribution < -0.4 is 26.9 Å². The van der Waals surface area contributed by atoms with Crippen LogP contribution >= 0.6 is 0 Å². The third-order valence-corrected chi connectivity index (χ3v) is 5.06. The zero-order valence-electron chi connectivity index (χ0n) is 19.8. The maximum Gasteiger partial charge on any atom is 0.336 e. The van der Waals surface area contributed by atoms with E-state index in [0.717, 1.165) is 10.9 Å². The molecule has 0 spiro atoms. The predicted octanol–water partition coefficient (Wildman–Crippen LogP) is 0.419. The van der Waals surface area contributed by atoms with Crippen molar-refractivity contribution in [2.45, 2.75) is 58.7 Å². The minimum absolute atomic E-state index is 0.279. The maximum absolute atomic E-state index is 12.5. The van der Waals surface area contributed by atoms with E-state index in [1.807, 2.05) is 0 Å². The van der Waals surface area contributed by atoms with Gasteiger partial charge >= 0.3 is 11.6 Å². The lowest BCUT2D eigenvalue weighted by molar-refractivity contribution is -0.139. The number of aryl methyl sites for hydroxylation is 1. The Morgan fingerprint density at radius 2 is 1.43 bits per heavy atom. The van der Waals surface area contributed by atoms with Crippen molar-refractivity contribution in [3.05, 3.63) is 40.2 Å². The molecule has 2 rings (SSSR count). The van der Waals surface area contributed by atoms with Gasteiger partial charge in [-0.1, -0.05) is 0 Å². The van der Waals surface area contributed by atoms with Gasteiger partial charge < -0.3 is 30.8 Å². The lowest BCUT2D eigenvalue weighted by Gasteiger charge is -2.20. The summed E-state index contributed by atoms with van der Waals surface area (Å²) in [6, 6.07) is 3.23. The van der Waals surface area contributed by atoms with Gasteiger partial charge in [0.25, 0.3) is 0 Å². The molecule has 0 aliphatic heterocycles. The molecule has 3 atom stereocenters. The van der Waals surface area contributed by atoms with Crippen LogP contribution in [-0.2, 0) is 24.0 Å². The largest absolute Gasteiger partial charge is 0.481 e. The Morgan fingerprint density at radius 1 is 0.857 bits per heavy atom. The van der Waals surface area contributed by atoms with E-state index < -0.39 is 53.3 Å². The molecule has 2 aromatic rings. The molecule has 5 N–H and O–H groups in total. The monoisotopic (exact) mass is 488 g/mol. The van der Waals surface area contributed by atoms with Gasteiger partial charge in [0.2, 0.25) is 23.6 Å². The number of carbonyl (C=O) groups is 5. The van der Waals surface area contributed by atoms with Crippen LogP contribution in [0, 0.1) is 6.92 Å². The standard InChI is InChI=1S/C23H28N4O8/c1-11-9-20(31)35-17-10-15(5-6-16(11)17)27-23(34)14(4)26-22(33)13(3)25-21(32)12(2)24-18(28)7-8-19(29)30/h5-6,9-10,12-14H,7-8H2,1-4H3,(H,24,28)(H,25,32)(H,26,33)(H,27,34)(H,29,30)/t12-,13+,14-/m0/s1. The number of nitrogens with one attached hydrogen (secondary N) is 4. The average Bonchev–Trinajstić information content (AvgIpc) is 2.76. The van der Waals surface area contributed by atoms with E-state index in [2.05, 4.69) is 21.3 Å². The van der Waals surface area contributed by atoms with Gasteiger partial charge in [-0.3, -0.25) is 24.0 Å². The first kappa shape index (κ1) is 27.0. The first-order valence-corrected chi connectivity index (χ1v) is 10.8. The molecule has 0 saturated heterocycles. The fourth-order valence-corrected chi connectivity index (χ4v) is 3.06. The molecule has 12 nitrogen and oxygen atoms in total. The number of rotatable bonds is 10. The van der Waals surface area contributed by atoms with Crippen LogP contribution in [0.15, 0.2) is 33.5 Å². The van der Waals surface area contributed by atoms with Crippen molar-refractivity contribution < 1.29 is 33.5 Å². The topological polar surface area (TPSA) is 184 Å². The van der Waals surface area contributed by atoms with Gasteiger partial charge in [0.15, 0.2) is 0 Å². The Labute approximate surface area is 200 Å². The van der Waals surface area contributed by atoms with Crippen LogP contribution in [-0.4, -0.2) is 52.8 Å². The summed E-state index contributed by atoms with van der Waals surface area (Å²) in [5.74, 6) is -3.57. The Balaban J connectivity index is 1.89. The fourth-order valence-electron chi connectivity index (χ4n) is 3.06. The summed E-state index contributed by atoms with van der Waals surface area (Å²) >= 11 is 0. The van der Waals surface area contributed by atoms with Crippen LogP contribution in [0.25, 0.3) is 11.0 Å². The van der Waals surface area contributed by atoms with Crippen molar-refractivity contribution in [1.29, 1.82) is 0 Å². The predicted molar refractivity (Wildman–Crippen MR) is 126 cm³/mol. The van der Waals surface area contributed by atoms with Gasteiger partial charge in [0, 0.05) is 29.6 Å². The Hall–Kier alpha value is -4.22. The first-order chi connectivity index (χ1) is 16.4. The summed E-state index contributed by atoms with van der Waals surface area (Å²) in [4.78, 5) is 70.9. The van der Waals surface area contributed by atoms with Gasteiger partial charge in [-0.25, -0.2) is 4.79 Å². The number of benzene rings is 1. The molecule has 0 unspecified atom stereocenters. The number of fused-ring (bicyclic) bond motifs is 1. The van der Waals surface area contributed by atoms with Gasteiger partial charge in [0.05, 0.1) is 6.42 Å². The summed E-state index contributed by atoms with van der Waals surface area (Å²) in [6.45, 7) is 6.02. The molecular formula is C23H28N4O8. The SMILES string of the molecule is Cc1cc(=O)oc2cc(NC(=O)[C@H](C)NC(=O)[C@@H](C)NC(=O)[C@H](C)NC(=O)CCC(=O)O)ccc12. The molecule has 0 saturated carbocycles. The van der Waals surface area contributed by atoms with E-state index in [1.54, 1.807) is 19.1 Å². The highest BCUT2D eigenvalue weighted by atomic mass is 16.4. The normalized spacial score (nSPS) is 13.3. The number of carboxylic acid groups (broad SMARTS) is 1. The molecule has 0 aliphatic carbocycles. The summed E-state index contributed by atoms with van der Waals surface area (Å²) in [5.41, 5.74) is 0.903. The number of carboxylic acids is 1. The highest BCUT2D eigenvalue weighted by Gasteiger charge is 2.24. The van der Waals surface area contributed by atoms with Gasteiger partial charge in [-0.05, 0) is 45.4 Å². The van der Waals surface area contributed by atoms with Crippen LogP contribution in [0.5, 0.6) is 0 Å². The second kappa shape index (κ2) is 11.8. The summed E-state index contributed by atoms with van der Waals surface area (Å²) < 4.78 is 5.16. The van der Waals surface area contributed by atoms with Crippen LogP contribution in [0.3, 0.4) is 0 Å². The minimum Gasteiger partial charge on any atom is -0.481 e. The van der Waals surface area contributed by atoms with E-state index >= 15 is 0 Å². The van der Waals surface area contributed by atoms with Crippen molar-refractivity contribution in [2.24, 2.45) is 0 Å². The molecule has 188 valence electrons. The Kier molecular flexibility index (Phi) is 9.09. The minimum atomic E-state index is -1.14.